The van der Waals surface area contributed by atoms with Gasteiger partial charge in [0.2, 0.25) is 11.1 Å². The van der Waals surface area contributed by atoms with Crippen LogP contribution in [0.3, 0.4) is 0 Å². The van der Waals surface area contributed by atoms with E-state index in [-0.39, 0.29) is 28.9 Å². The highest BCUT2D eigenvalue weighted by Gasteiger charge is 2.31. The number of hydrogen-bond acceptors (Lipinski definition) is 5. The molecule has 2 heterocycles. The monoisotopic (exact) mass is 361 g/mol. The number of benzene rings is 1. The van der Waals surface area contributed by atoms with Crippen molar-refractivity contribution in [2.45, 2.75) is 30.8 Å². The Hall–Kier alpha value is -2.48. The number of aromatic amines is 1. The van der Waals surface area contributed by atoms with Gasteiger partial charge in [-0.25, -0.2) is 4.98 Å². The van der Waals surface area contributed by atoms with Crippen molar-refractivity contribution >= 4 is 22.5 Å². The number of ether oxygens (including phenoxy) is 1. The number of amides is 1. The Morgan fingerprint density at radius 3 is 2.64 bits per heavy atom. The molecule has 1 unspecified atom stereocenters. The number of fused-ring (bicyclic) bond motifs is 1. The number of anilines is 1. The van der Waals surface area contributed by atoms with E-state index in [1.807, 2.05) is 19.1 Å². The summed E-state index contributed by atoms with van der Waals surface area (Å²) >= 11 is 0. The van der Waals surface area contributed by atoms with Gasteiger partial charge in [0.15, 0.2) is 0 Å². The van der Waals surface area contributed by atoms with E-state index < -0.39 is 16.7 Å². The van der Waals surface area contributed by atoms with E-state index in [1.54, 1.807) is 19.2 Å². The van der Waals surface area contributed by atoms with Crippen LogP contribution in [0.2, 0.25) is 0 Å². The van der Waals surface area contributed by atoms with E-state index >= 15 is 0 Å². The molecule has 0 bridgehead atoms. The van der Waals surface area contributed by atoms with Crippen molar-refractivity contribution in [3.63, 3.8) is 0 Å². The Bertz CT molecular complexity index is 876. The number of carbonyl (C=O) groups excluding carboxylic acids is 1. The van der Waals surface area contributed by atoms with Crippen molar-refractivity contribution in [1.82, 2.24) is 9.97 Å². The third kappa shape index (κ3) is 3.48. The van der Waals surface area contributed by atoms with Gasteiger partial charge >= 0.3 is 0 Å². The van der Waals surface area contributed by atoms with Crippen LogP contribution in [0.25, 0.3) is 0 Å². The predicted octanol–water partition coefficient (Wildman–Crippen LogP) is 1.77. The largest absolute Gasteiger partial charge is 0.497 e. The van der Waals surface area contributed by atoms with Crippen LogP contribution in [-0.2, 0) is 15.6 Å². The Morgan fingerprint density at radius 2 is 2.00 bits per heavy atom. The minimum Gasteiger partial charge on any atom is -0.497 e. The number of aromatic nitrogens is 2. The van der Waals surface area contributed by atoms with Crippen molar-refractivity contribution in [2.75, 3.05) is 18.2 Å². The maximum Gasteiger partial charge on any atom is 0.257 e. The fourth-order valence-corrected chi connectivity index (χ4v) is 3.83. The number of nitrogens with one attached hydrogen (secondary N) is 2. The molecule has 132 valence electrons. The molecule has 2 aromatic rings. The molecular weight excluding hydrogens is 342 g/mol. The van der Waals surface area contributed by atoms with Gasteiger partial charge in [0.1, 0.15) is 11.6 Å². The summed E-state index contributed by atoms with van der Waals surface area (Å²) in [5.41, 5.74) is 0.846. The first kappa shape index (κ1) is 17.3. The molecule has 0 spiro atoms. The van der Waals surface area contributed by atoms with Gasteiger partial charge in [-0.15, -0.1) is 0 Å². The van der Waals surface area contributed by atoms with Gasteiger partial charge < -0.3 is 10.1 Å². The number of carbonyl (C=O) groups is 1. The summed E-state index contributed by atoms with van der Waals surface area (Å²) in [7, 11) is 0.177. The van der Waals surface area contributed by atoms with Crippen LogP contribution in [-0.4, -0.2) is 32.9 Å². The van der Waals surface area contributed by atoms with E-state index in [1.165, 1.54) is 0 Å². The molecule has 1 aliphatic rings. The van der Waals surface area contributed by atoms with Gasteiger partial charge in [0.25, 0.3) is 5.56 Å². The third-order valence-electron chi connectivity index (χ3n) is 4.05. The number of nitrogens with zero attached hydrogens (tertiary/aromatic N) is 1. The van der Waals surface area contributed by atoms with E-state index in [9.17, 15) is 13.8 Å². The summed E-state index contributed by atoms with van der Waals surface area (Å²) in [6, 6.07) is 7.23. The van der Waals surface area contributed by atoms with Crippen LogP contribution in [0.1, 0.15) is 36.8 Å². The van der Waals surface area contributed by atoms with Crippen molar-refractivity contribution < 1.29 is 13.7 Å². The molecule has 0 fully saturated rings. The Labute approximate surface area is 147 Å². The molecule has 1 aliphatic heterocycles. The van der Waals surface area contributed by atoms with Gasteiger partial charge in [-0.05, 0) is 24.1 Å². The quantitative estimate of drug-likeness (QED) is 0.791. The molecule has 2 atom stereocenters. The summed E-state index contributed by atoms with van der Waals surface area (Å²) < 4.78 is 17.3. The Balaban J connectivity index is 2.06. The maximum atomic E-state index is 12.6. The predicted molar refractivity (Wildman–Crippen MR) is 94.5 cm³/mol. The number of H-pyrrole nitrogens is 1. The first-order chi connectivity index (χ1) is 12.0. The van der Waals surface area contributed by atoms with E-state index in [2.05, 4.69) is 15.3 Å². The topological polar surface area (TPSA) is 101 Å². The molecular formula is C17H19N3O4S. The molecule has 25 heavy (non-hydrogen) atoms. The number of hydrogen-bond donors (Lipinski definition) is 2. The lowest BCUT2D eigenvalue weighted by Gasteiger charge is -2.24. The zero-order valence-electron chi connectivity index (χ0n) is 14.0. The number of rotatable bonds is 5. The smallest absolute Gasteiger partial charge is 0.257 e. The maximum absolute atomic E-state index is 12.6. The SMILES string of the molecule is CCCS(=O)c1nc2c(c(=O)[nH]1)[C@@H](c1ccc(OC)cc1)CC(=O)N2. The fourth-order valence-electron chi connectivity index (χ4n) is 2.86. The molecule has 0 radical (unpaired) electrons. The fraction of sp³-hybridized carbons (Fsp3) is 0.353. The van der Waals surface area contributed by atoms with Crippen LogP contribution < -0.4 is 15.6 Å². The lowest BCUT2D eigenvalue weighted by atomic mass is 9.87. The van der Waals surface area contributed by atoms with Crippen molar-refractivity contribution in [1.29, 1.82) is 0 Å². The highest BCUT2D eigenvalue weighted by atomic mass is 32.2. The van der Waals surface area contributed by atoms with Crippen LogP contribution in [0, 0.1) is 0 Å². The van der Waals surface area contributed by atoms with E-state index in [0.29, 0.717) is 23.5 Å². The molecule has 0 saturated carbocycles. The van der Waals surface area contributed by atoms with Crippen molar-refractivity contribution in [2.24, 2.45) is 0 Å². The van der Waals surface area contributed by atoms with Crippen LogP contribution in [0.4, 0.5) is 5.82 Å². The molecule has 0 saturated heterocycles. The first-order valence-electron chi connectivity index (χ1n) is 7.99. The molecule has 1 aromatic carbocycles. The Morgan fingerprint density at radius 1 is 1.28 bits per heavy atom. The van der Waals surface area contributed by atoms with Gasteiger partial charge in [-0.3, -0.25) is 18.8 Å². The molecule has 0 aliphatic carbocycles. The van der Waals surface area contributed by atoms with Crippen molar-refractivity contribution in [3.05, 3.63) is 45.7 Å². The second-order valence-corrected chi connectivity index (χ2v) is 7.25. The van der Waals surface area contributed by atoms with Gasteiger partial charge in [0, 0.05) is 18.1 Å². The highest BCUT2D eigenvalue weighted by Crippen LogP contribution is 2.34. The first-order valence-corrected chi connectivity index (χ1v) is 9.31. The van der Waals surface area contributed by atoms with Gasteiger partial charge in [0.05, 0.1) is 23.5 Å². The van der Waals surface area contributed by atoms with E-state index in [0.717, 1.165) is 5.56 Å². The molecule has 7 nitrogen and oxygen atoms in total. The zero-order chi connectivity index (χ0) is 18.0. The second-order valence-electron chi connectivity index (χ2n) is 5.76. The summed E-state index contributed by atoms with van der Waals surface area (Å²) in [5, 5.41) is 2.73. The summed E-state index contributed by atoms with van der Waals surface area (Å²) in [6.07, 6.45) is 0.857. The summed E-state index contributed by atoms with van der Waals surface area (Å²) in [4.78, 5) is 31.5. The zero-order valence-corrected chi connectivity index (χ0v) is 14.8. The molecule has 1 amide bonds. The number of methoxy groups -OCH3 is 1. The van der Waals surface area contributed by atoms with E-state index in [4.69, 9.17) is 4.74 Å². The average Bonchev–Trinajstić information content (AvgIpc) is 2.60. The van der Waals surface area contributed by atoms with Crippen molar-refractivity contribution in [3.8, 4) is 5.75 Å². The van der Waals surface area contributed by atoms with Gasteiger partial charge in [-0.2, -0.15) is 0 Å². The minimum atomic E-state index is -1.40. The molecule has 8 heteroatoms. The standard InChI is InChI=1S/C17H19N3O4S/c1-3-8-25(23)17-19-15-14(16(22)20-17)12(9-13(21)18-15)10-4-6-11(24-2)7-5-10/h4-7,12H,3,8-9H2,1-2H3,(H2,18,19,20,21,22)/t12-,25?/m1/s1. The normalized spacial score (nSPS) is 17.5. The minimum absolute atomic E-state index is 0.0984. The third-order valence-corrected chi connectivity index (χ3v) is 5.46. The molecule has 3 rings (SSSR count). The van der Waals surface area contributed by atoms with Crippen LogP contribution in [0.15, 0.2) is 34.2 Å². The average molecular weight is 361 g/mol. The molecule has 1 aromatic heterocycles. The molecule has 2 N–H and O–H groups in total. The Kier molecular flexibility index (Phi) is 4.98. The summed E-state index contributed by atoms with van der Waals surface area (Å²) in [5.74, 6) is 0.664. The summed E-state index contributed by atoms with van der Waals surface area (Å²) in [6.45, 7) is 1.90. The lowest BCUT2D eigenvalue weighted by Crippen LogP contribution is -2.32. The van der Waals surface area contributed by atoms with Gasteiger partial charge in [-0.1, -0.05) is 19.1 Å². The highest BCUT2D eigenvalue weighted by molar-refractivity contribution is 7.84. The second kappa shape index (κ2) is 7.18. The lowest BCUT2D eigenvalue weighted by molar-refractivity contribution is -0.116. The van der Waals surface area contributed by atoms with Crippen LogP contribution >= 0.6 is 0 Å². The van der Waals surface area contributed by atoms with Crippen LogP contribution in [0.5, 0.6) is 5.75 Å².